The lowest BCUT2D eigenvalue weighted by atomic mass is 10.1. The van der Waals surface area contributed by atoms with Gasteiger partial charge in [0.25, 0.3) is 5.91 Å². The van der Waals surface area contributed by atoms with Crippen LogP contribution >= 0.6 is 11.6 Å². The summed E-state index contributed by atoms with van der Waals surface area (Å²) in [5.41, 5.74) is 2.79. The summed E-state index contributed by atoms with van der Waals surface area (Å²) in [6.45, 7) is 4.60. The molecule has 1 aromatic carbocycles. The smallest absolute Gasteiger partial charge is 0.259 e. The number of amides is 1. The lowest BCUT2D eigenvalue weighted by Crippen LogP contribution is -2.16. The van der Waals surface area contributed by atoms with Gasteiger partial charge in [0.15, 0.2) is 0 Å². The molecule has 0 aliphatic carbocycles. The predicted molar refractivity (Wildman–Crippen MR) is 82.5 cm³/mol. The van der Waals surface area contributed by atoms with Crippen molar-refractivity contribution in [1.29, 1.82) is 0 Å². The van der Waals surface area contributed by atoms with Crippen molar-refractivity contribution in [2.24, 2.45) is 0 Å². The van der Waals surface area contributed by atoms with E-state index >= 15 is 0 Å². The standard InChI is InChI=1S/C15H16ClN3O/c1-3-18-13-7-8-17-9-11(13)15(20)19-14-10(2)5-4-6-12(14)16/h4-9H,3H2,1-2H3,(H,17,18)(H,19,20). The average Bonchev–Trinajstić information content (AvgIpc) is 2.44. The highest BCUT2D eigenvalue weighted by molar-refractivity contribution is 6.34. The summed E-state index contributed by atoms with van der Waals surface area (Å²) < 4.78 is 0. The maximum absolute atomic E-state index is 12.4. The molecule has 0 spiro atoms. The van der Waals surface area contributed by atoms with Gasteiger partial charge in [-0.3, -0.25) is 9.78 Å². The van der Waals surface area contributed by atoms with Crippen LogP contribution in [0.15, 0.2) is 36.7 Å². The molecule has 2 aromatic rings. The Balaban J connectivity index is 2.29. The van der Waals surface area contributed by atoms with Gasteiger partial charge in [-0.1, -0.05) is 23.7 Å². The van der Waals surface area contributed by atoms with Crippen molar-refractivity contribution in [2.75, 3.05) is 17.2 Å². The fourth-order valence-electron chi connectivity index (χ4n) is 1.89. The van der Waals surface area contributed by atoms with Gasteiger partial charge in [0, 0.05) is 18.9 Å². The highest BCUT2D eigenvalue weighted by Gasteiger charge is 2.14. The molecule has 0 aliphatic heterocycles. The predicted octanol–water partition coefficient (Wildman–Crippen LogP) is 3.73. The van der Waals surface area contributed by atoms with Crippen LogP contribution in [-0.2, 0) is 0 Å². The molecule has 104 valence electrons. The van der Waals surface area contributed by atoms with Gasteiger partial charge in [-0.2, -0.15) is 0 Å². The molecule has 2 N–H and O–H groups in total. The van der Waals surface area contributed by atoms with Gasteiger partial charge < -0.3 is 10.6 Å². The van der Waals surface area contributed by atoms with Gasteiger partial charge >= 0.3 is 0 Å². The quantitative estimate of drug-likeness (QED) is 0.902. The third-order valence-electron chi connectivity index (χ3n) is 2.89. The van der Waals surface area contributed by atoms with Gasteiger partial charge in [0.05, 0.1) is 22.0 Å². The number of carbonyl (C=O) groups is 1. The molecule has 0 saturated carbocycles. The molecule has 1 aromatic heterocycles. The molecule has 0 atom stereocenters. The van der Waals surface area contributed by atoms with E-state index in [0.717, 1.165) is 17.8 Å². The minimum atomic E-state index is -0.231. The van der Waals surface area contributed by atoms with Crippen molar-refractivity contribution in [2.45, 2.75) is 13.8 Å². The number of halogens is 1. The molecule has 0 radical (unpaired) electrons. The second-order valence-electron chi connectivity index (χ2n) is 4.34. The Hall–Kier alpha value is -2.07. The van der Waals surface area contributed by atoms with Crippen LogP contribution in [-0.4, -0.2) is 17.4 Å². The summed E-state index contributed by atoms with van der Waals surface area (Å²) in [4.78, 5) is 16.4. The summed E-state index contributed by atoms with van der Waals surface area (Å²) in [5, 5.41) is 6.50. The van der Waals surface area contributed by atoms with E-state index < -0.39 is 0 Å². The summed E-state index contributed by atoms with van der Waals surface area (Å²) in [5.74, 6) is -0.231. The van der Waals surface area contributed by atoms with E-state index in [-0.39, 0.29) is 5.91 Å². The lowest BCUT2D eigenvalue weighted by Gasteiger charge is -2.13. The first-order chi connectivity index (χ1) is 9.63. The topological polar surface area (TPSA) is 54.0 Å². The average molecular weight is 290 g/mol. The highest BCUT2D eigenvalue weighted by atomic mass is 35.5. The van der Waals surface area contributed by atoms with Gasteiger partial charge in [-0.05, 0) is 31.5 Å². The Labute approximate surface area is 123 Å². The van der Waals surface area contributed by atoms with E-state index in [4.69, 9.17) is 11.6 Å². The molecule has 2 rings (SSSR count). The zero-order valence-electron chi connectivity index (χ0n) is 11.4. The first-order valence-corrected chi connectivity index (χ1v) is 6.75. The summed E-state index contributed by atoms with van der Waals surface area (Å²) in [6, 6.07) is 7.27. The molecule has 20 heavy (non-hydrogen) atoms. The largest absolute Gasteiger partial charge is 0.385 e. The Morgan fingerprint density at radius 2 is 2.15 bits per heavy atom. The van der Waals surface area contributed by atoms with Crippen LogP contribution in [0.2, 0.25) is 5.02 Å². The number of para-hydroxylation sites is 1. The van der Waals surface area contributed by atoms with E-state index in [2.05, 4.69) is 15.6 Å². The molecule has 0 fully saturated rings. The minimum absolute atomic E-state index is 0.231. The van der Waals surface area contributed by atoms with Gasteiger partial charge in [-0.25, -0.2) is 0 Å². The summed E-state index contributed by atoms with van der Waals surface area (Å²) in [7, 11) is 0. The number of aromatic nitrogens is 1. The van der Waals surface area contributed by atoms with Gasteiger partial charge in [0.1, 0.15) is 0 Å². The zero-order valence-corrected chi connectivity index (χ0v) is 12.2. The molecular formula is C15H16ClN3O. The number of hydrogen-bond donors (Lipinski definition) is 2. The fourth-order valence-corrected chi connectivity index (χ4v) is 2.16. The van der Waals surface area contributed by atoms with Crippen LogP contribution in [0.1, 0.15) is 22.8 Å². The van der Waals surface area contributed by atoms with Crippen LogP contribution in [0.3, 0.4) is 0 Å². The maximum Gasteiger partial charge on any atom is 0.259 e. The molecule has 0 unspecified atom stereocenters. The fraction of sp³-hybridized carbons (Fsp3) is 0.200. The van der Waals surface area contributed by atoms with Crippen LogP contribution < -0.4 is 10.6 Å². The minimum Gasteiger partial charge on any atom is -0.385 e. The number of rotatable bonds is 4. The first-order valence-electron chi connectivity index (χ1n) is 6.37. The normalized spacial score (nSPS) is 10.2. The molecule has 4 nitrogen and oxygen atoms in total. The number of anilines is 2. The lowest BCUT2D eigenvalue weighted by molar-refractivity contribution is 0.102. The Morgan fingerprint density at radius 1 is 1.35 bits per heavy atom. The number of benzene rings is 1. The molecule has 1 heterocycles. The Morgan fingerprint density at radius 3 is 2.85 bits per heavy atom. The van der Waals surface area contributed by atoms with Crippen LogP contribution in [0.5, 0.6) is 0 Å². The summed E-state index contributed by atoms with van der Waals surface area (Å²) in [6.07, 6.45) is 3.19. The molecule has 0 bridgehead atoms. The number of nitrogens with zero attached hydrogens (tertiary/aromatic N) is 1. The van der Waals surface area contributed by atoms with Crippen molar-refractivity contribution in [3.8, 4) is 0 Å². The number of hydrogen-bond acceptors (Lipinski definition) is 3. The molecule has 1 amide bonds. The van der Waals surface area contributed by atoms with E-state index in [1.165, 1.54) is 0 Å². The van der Waals surface area contributed by atoms with Crippen LogP contribution in [0.25, 0.3) is 0 Å². The number of pyridine rings is 1. The molecular weight excluding hydrogens is 274 g/mol. The summed E-state index contributed by atoms with van der Waals surface area (Å²) >= 11 is 6.12. The Bertz CT molecular complexity index is 608. The van der Waals surface area contributed by atoms with Gasteiger partial charge in [-0.15, -0.1) is 0 Å². The highest BCUT2D eigenvalue weighted by Crippen LogP contribution is 2.26. The second kappa shape index (κ2) is 6.39. The van der Waals surface area contributed by atoms with Crippen molar-refractivity contribution in [3.63, 3.8) is 0 Å². The van der Waals surface area contributed by atoms with E-state index in [0.29, 0.717) is 16.3 Å². The first kappa shape index (κ1) is 14.3. The maximum atomic E-state index is 12.4. The third-order valence-corrected chi connectivity index (χ3v) is 3.21. The second-order valence-corrected chi connectivity index (χ2v) is 4.74. The van der Waals surface area contributed by atoms with E-state index in [9.17, 15) is 4.79 Å². The zero-order chi connectivity index (χ0) is 14.5. The molecule has 0 aliphatic rings. The van der Waals surface area contributed by atoms with Crippen LogP contribution in [0.4, 0.5) is 11.4 Å². The molecule has 5 heteroatoms. The van der Waals surface area contributed by atoms with Crippen molar-refractivity contribution in [1.82, 2.24) is 4.98 Å². The Kier molecular flexibility index (Phi) is 4.58. The van der Waals surface area contributed by atoms with E-state index in [1.54, 1.807) is 24.5 Å². The SMILES string of the molecule is CCNc1ccncc1C(=O)Nc1c(C)cccc1Cl. The third kappa shape index (κ3) is 3.08. The van der Waals surface area contributed by atoms with Gasteiger partial charge in [0.2, 0.25) is 0 Å². The molecule has 0 saturated heterocycles. The number of carbonyl (C=O) groups excluding carboxylic acids is 1. The number of aryl methyl sites for hydroxylation is 1. The van der Waals surface area contributed by atoms with Crippen LogP contribution in [0, 0.1) is 6.92 Å². The monoisotopic (exact) mass is 289 g/mol. The van der Waals surface area contributed by atoms with Crippen molar-refractivity contribution < 1.29 is 4.79 Å². The van der Waals surface area contributed by atoms with Crippen molar-refractivity contribution >= 4 is 28.9 Å². The van der Waals surface area contributed by atoms with E-state index in [1.807, 2.05) is 26.0 Å². The number of nitrogens with one attached hydrogen (secondary N) is 2. The van der Waals surface area contributed by atoms with Crippen molar-refractivity contribution in [3.05, 3.63) is 52.8 Å².